The molecule has 0 aliphatic rings. The van der Waals surface area contributed by atoms with Crippen molar-refractivity contribution < 1.29 is 9.59 Å². The number of nitrogens with zero attached hydrogens (tertiary/aromatic N) is 2. The fraction of sp³-hybridized carbons (Fsp3) is 0.235. The van der Waals surface area contributed by atoms with Crippen molar-refractivity contribution in [3.63, 3.8) is 0 Å². The van der Waals surface area contributed by atoms with Crippen LogP contribution in [-0.2, 0) is 11.3 Å². The van der Waals surface area contributed by atoms with Crippen molar-refractivity contribution in [1.29, 1.82) is 0 Å². The molecular formula is C17H18ClN3O2. The van der Waals surface area contributed by atoms with E-state index < -0.39 is 0 Å². The molecule has 0 atom stereocenters. The van der Waals surface area contributed by atoms with Gasteiger partial charge in [0.1, 0.15) is 0 Å². The molecular weight excluding hydrogens is 314 g/mol. The van der Waals surface area contributed by atoms with E-state index in [0.717, 1.165) is 5.56 Å². The number of hydrogen-bond acceptors (Lipinski definition) is 3. The Labute approximate surface area is 140 Å². The quantitative estimate of drug-likeness (QED) is 0.884. The van der Waals surface area contributed by atoms with E-state index >= 15 is 0 Å². The monoisotopic (exact) mass is 331 g/mol. The number of halogens is 1. The molecule has 5 nitrogen and oxygen atoms in total. The molecule has 1 N–H and O–H groups in total. The molecule has 0 saturated carbocycles. The van der Waals surface area contributed by atoms with Gasteiger partial charge in [0.2, 0.25) is 5.91 Å². The average molecular weight is 332 g/mol. The van der Waals surface area contributed by atoms with Gasteiger partial charge in [0.25, 0.3) is 5.91 Å². The summed E-state index contributed by atoms with van der Waals surface area (Å²) in [6, 6.07) is 10.5. The Kier molecular flexibility index (Phi) is 6.11. The number of nitrogens with one attached hydrogen (secondary N) is 1. The third-order valence-corrected chi connectivity index (χ3v) is 3.53. The van der Waals surface area contributed by atoms with Gasteiger partial charge in [-0.25, -0.2) is 0 Å². The van der Waals surface area contributed by atoms with Crippen LogP contribution < -0.4 is 5.32 Å². The Morgan fingerprint density at radius 1 is 1.26 bits per heavy atom. The molecule has 1 heterocycles. The van der Waals surface area contributed by atoms with Crippen LogP contribution in [-0.4, -0.2) is 34.8 Å². The van der Waals surface area contributed by atoms with Gasteiger partial charge in [0.15, 0.2) is 0 Å². The standard InChI is InChI=1S/C17H18ClN3O2/c1-13(22)21(12-14-4-3-7-19-11-14)9-8-20-17(23)15-5-2-6-16(18)10-15/h2-7,10-11H,8-9,12H2,1H3,(H,20,23). The lowest BCUT2D eigenvalue weighted by Crippen LogP contribution is -2.37. The highest BCUT2D eigenvalue weighted by molar-refractivity contribution is 6.30. The second-order valence-corrected chi connectivity index (χ2v) is 5.50. The Morgan fingerprint density at radius 3 is 2.74 bits per heavy atom. The molecule has 0 spiro atoms. The van der Waals surface area contributed by atoms with E-state index in [9.17, 15) is 9.59 Å². The van der Waals surface area contributed by atoms with E-state index in [4.69, 9.17) is 11.6 Å². The van der Waals surface area contributed by atoms with Gasteiger partial charge in [-0.2, -0.15) is 0 Å². The minimum Gasteiger partial charge on any atom is -0.350 e. The average Bonchev–Trinajstić information content (AvgIpc) is 2.54. The van der Waals surface area contributed by atoms with Crippen LogP contribution in [0.25, 0.3) is 0 Å². The summed E-state index contributed by atoms with van der Waals surface area (Å²) >= 11 is 5.87. The number of carbonyl (C=O) groups is 2. The first kappa shape index (κ1) is 17.0. The third kappa shape index (κ3) is 5.38. The molecule has 2 amide bonds. The summed E-state index contributed by atoms with van der Waals surface area (Å²) in [7, 11) is 0. The predicted molar refractivity (Wildman–Crippen MR) is 89.1 cm³/mol. The van der Waals surface area contributed by atoms with Gasteiger partial charge in [-0.05, 0) is 29.8 Å². The summed E-state index contributed by atoms with van der Waals surface area (Å²) in [4.78, 5) is 29.4. The topological polar surface area (TPSA) is 62.3 Å². The first-order valence-corrected chi connectivity index (χ1v) is 7.62. The maximum atomic E-state index is 12.0. The molecule has 0 radical (unpaired) electrons. The Hall–Kier alpha value is -2.40. The normalized spacial score (nSPS) is 10.2. The van der Waals surface area contributed by atoms with E-state index in [1.807, 2.05) is 12.1 Å². The van der Waals surface area contributed by atoms with Crippen molar-refractivity contribution in [1.82, 2.24) is 15.2 Å². The molecule has 6 heteroatoms. The van der Waals surface area contributed by atoms with Gasteiger partial charge < -0.3 is 10.2 Å². The summed E-state index contributed by atoms with van der Waals surface area (Å²) in [5.74, 6) is -0.261. The summed E-state index contributed by atoms with van der Waals surface area (Å²) in [5.41, 5.74) is 1.45. The fourth-order valence-corrected chi connectivity index (χ4v) is 2.29. The van der Waals surface area contributed by atoms with E-state index in [2.05, 4.69) is 10.3 Å². The van der Waals surface area contributed by atoms with Crippen LogP contribution in [0.1, 0.15) is 22.8 Å². The zero-order chi connectivity index (χ0) is 16.7. The number of hydrogen-bond donors (Lipinski definition) is 1. The predicted octanol–water partition coefficient (Wildman–Crippen LogP) is 2.51. The first-order valence-electron chi connectivity index (χ1n) is 7.24. The molecule has 2 aromatic rings. The number of carbonyl (C=O) groups excluding carboxylic acids is 2. The van der Waals surface area contributed by atoms with E-state index in [0.29, 0.717) is 30.2 Å². The maximum Gasteiger partial charge on any atom is 0.251 e. The molecule has 2 rings (SSSR count). The van der Waals surface area contributed by atoms with Gasteiger partial charge in [-0.1, -0.05) is 23.7 Å². The van der Waals surface area contributed by atoms with Crippen molar-refractivity contribution in [3.8, 4) is 0 Å². The third-order valence-electron chi connectivity index (χ3n) is 3.30. The Morgan fingerprint density at radius 2 is 2.09 bits per heavy atom. The van der Waals surface area contributed by atoms with Crippen molar-refractivity contribution in [2.24, 2.45) is 0 Å². The van der Waals surface area contributed by atoms with Crippen LogP contribution in [0.3, 0.4) is 0 Å². The summed E-state index contributed by atoms with van der Waals surface area (Å²) in [6.07, 6.45) is 3.41. The molecule has 0 bridgehead atoms. The lowest BCUT2D eigenvalue weighted by atomic mass is 10.2. The van der Waals surface area contributed by atoms with Gasteiger partial charge in [-0.15, -0.1) is 0 Å². The van der Waals surface area contributed by atoms with Crippen LogP contribution in [0.2, 0.25) is 5.02 Å². The van der Waals surface area contributed by atoms with Gasteiger partial charge in [-0.3, -0.25) is 14.6 Å². The zero-order valence-electron chi connectivity index (χ0n) is 12.8. The lowest BCUT2D eigenvalue weighted by molar-refractivity contribution is -0.129. The van der Waals surface area contributed by atoms with E-state index in [1.165, 1.54) is 6.92 Å². The minimum atomic E-state index is -0.211. The first-order chi connectivity index (χ1) is 11.1. The SMILES string of the molecule is CC(=O)N(CCNC(=O)c1cccc(Cl)c1)Cc1cccnc1. The van der Waals surface area contributed by atoms with E-state index in [1.54, 1.807) is 41.6 Å². The maximum absolute atomic E-state index is 12.0. The molecule has 0 aliphatic heterocycles. The van der Waals surface area contributed by atoms with Crippen molar-refractivity contribution >= 4 is 23.4 Å². The number of amides is 2. The van der Waals surface area contributed by atoms with Crippen LogP contribution >= 0.6 is 11.6 Å². The molecule has 0 unspecified atom stereocenters. The number of aromatic nitrogens is 1. The Bertz CT molecular complexity index is 677. The smallest absolute Gasteiger partial charge is 0.251 e. The minimum absolute atomic E-state index is 0.0501. The van der Waals surface area contributed by atoms with Crippen LogP contribution in [0.4, 0.5) is 0 Å². The summed E-state index contributed by atoms with van der Waals surface area (Å²) < 4.78 is 0. The van der Waals surface area contributed by atoms with Gasteiger partial charge in [0.05, 0.1) is 0 Å². The highest BCUT2D eigenvalue weighted by atomic mass is 35.5. The highest BCUT2D eigenvalue weighted by Gasteiger charge is 2.11. The summed E-state index contributed by atoms with van der Waals surface area (Å²) in [6.45, 7) is 2.77. The molecule has 23 heavy (non-hydrogen) atoms. The van der Waals surface area contributed by atoms with Crippen LogP contribution in [0, 0.1) is 0 Å². The zero-order valence-corrected chi connectivity index (χ0v) is 13.6. The molecule has 0 saturated heterocycles. The van der Waals surface area contributed by atoms with Crippen molar-refractivity contribution in [3.05, 3.63) is 64.9 Å². The lowest BCUT2D eigenvalue weighted by Gasteiger charge is -2.21. The van der Waals surface area contributed by atoms with Crippen molar-refractivity contribution in [2.75, 3.05) is 13.1 Å². The van der Waals surface area contributed by atoms with Gasteiger partial charge in [0, 0.05) is 49.5 Å². The van der Waals surface area contributed by atoms with Crippen LogP contribution in [0.15, 0.2) is 48.8 Å². The number of rotatable bonds is 6. The second kappa shape index (κ2) is 8.29. The summed E-state index contributed by atoms with van der Waals surface area (Å²) in [5, 5.41) is 3.30. The molecule has 1 aromatic carbocycles. The molecule has 0 fully saturated rings. The van der Waals surface area contributed by atoms with Crippen molar-refractivity contribution in [2.45, 2.75) is 13.5 Å². The molecule has 1 aromatic heterocycles. The highest BCUT2D eigenvalue weighted by Crippen LogP contribution is 2.10. The Balaban J connectivity index is 1.87. The van der Waals surface area contributed by atoms with E-state index in [-0.39, 0.29) is 11.8 Å². The number of pyridine rings is 1. The van der Waals surface area contributed by atoms with Gasteiger partial charge >= 0.3 is 0 Å². The number of benzene rings is 1. The molecule has 120 valence electrons. The van der Waals surface area contributed by atoms with Crippen LogP contribution in [0.5, 0.6) is 0 Å². The largest absolute Gasteiger partial charge is 0.350 e. The molecule has 0 aliphatic carbocycles. The fourth-order valence-electron chi connectivity index (χ4n) is 2.10. The second-order valence-electron chi connectivity index (χ2n) is 5.07.